The standard InChI is InChI=1S/C18H25N3O/c1-21(13-9-15-7-10-20-11-8-15)12-3-4-16-5-6-18(22-2)17(19)14-16/h5-8,10-11,14H,3-4,9,12-13,19H2,1-2H3. The summed E-state index contributed by atoms with van der Waals surface area (Å²) in [7, 11) is 3.81. The lowest BCUT2D eigenvalue weighted by Crippen LogP contribution is -2.22. The van der Waals surface area contributed by atoms with Crippen molar-refractivity contribution < 1.29 is 4.74 Å². The van der Waals surface area contributed by atoms with Gasteiger partial charge in [0.15, 0.2) is 0 Å². The number of benzene rings is 1. The van der Waals surface area contributed by atoms with Crippen LogP contribution in [0.2, 0.25) is 0 Å². The maximum Gasteiger partial charge on any atom is 0.141 e. The highest BCUT2D eigenvalue weighted by Gasteiger charge is 2.03. The maximum atomic E-state index is 5.94. The molecule has 0 saturated carbocycles. The van der Waals surface area contributed by atoms with Crippen molar-refractivity contribution in [2.75, 3.05) is 33.0 Å². The van der Waals surface area contributed by atoms with Crippen LogP contribution in [0.3, 0.4) is 0 Å². The minimum atomic E-state index is 0.714. The first-order valence-electron chi connectivity index (χ1n) is 7.69. The van der Waals surface area contributed by atoms with Crippen molar-refractivity contribution in [2.45, 2.75) is 19.3 Å². The molecule has 1 heterocycles. The predicted octanol–water partition coefficient (Wildman–Crippen LogP) is 2.78. The number of hydrogen-bond donors (Lipinski definition) is 1. The molecule has 0 fully saturated rings. The Morgan fingerprint density at radius 3 is 2.50 bits per heavy atom. The van der Waals surface area contributed by atoms with Crippen LogP contribution in [0.25, 0.3) is 0 Å². The van der Waals surface area contributed by atoms with Gasteiger partial charge in [0.1, 0.15) is 5.75 Å². The SMILES string of the molecule is COc1ccc(CCCN(C)CCc2ccncc2)cc1N. The van der Waals surface area contributed by atoms with Crippen molar-refractivity contribution >= 4 is 5.69 Å². The summed E-state index contributed by atoms with van der Waals surface area (Å²) < 4.78 is 5.18. The Hall–Kier alpha value is -2.07. The highest BCUT2D eigenvalue weighted by atomic mass is 16.5. The third kappa shape index (κ3) is 5.04. The Bertz CT molecular complexity index is 572. The van der Waals surface area contributed by atoms with E-state index in [1.54, 1.807) is 7.11 Å². The number of methoxy groups -OCH3 is 1. The third-order valence-electron chi connectivity index (χ3n) is 3.83. The van der Waals surface area contributed by atoms with E-state index in [0.717, 1.165) is 38.1 Å². The average Bonchev–Trinajstić information content (AvgIpc) is 2.54. The fourth-order valence-electron chi connectivity index (χ4n) is 2.47. The molecule has 4 nitrogen and oxygen atoms in total. The van der Waals surface area contributed by atoms with Gasteiger partial charge in [0.05, 0.1) is 12.8 Å². The largest absolute Gasteiger partial charge is 0.495 e. The van der Waals surface area contributed by atoms with Crippen molar-refractivity contribution in [3.63, 3.8) is 0 Å². The number of anilines is 1. The number of ether oxygens (including phenoxy) is 1. The van der Waals surface area contributed by atoms with Gasteiger partial charge < -0.3 is 15.4 Å². The first kappa shape index (κ1) is 16.3. The van der Waals surface area contributed by atoms with E-state index in [1.807, 2.05) is 24.5 Å². The minimum Gasteiger partial charge on any atom is -0.495 e. The second-order valence-electron chi connectivity index (χ2n) is 5.59. The number of nitrogens with two attached hydrogens (primary N) is 1. The summed E-state index contributed by atoms with van der Waals surface area (Å²) in [6.45, 7) is 2.14. The average molecular weight is 299 g/mol. The summed E-state index contributed by atoms with van der Waals surface area (Å²) in [6.07, 6.45) is 6.92. The van der Waals surface area contributed by atoms with E-state index in [9.17, 15) is 0 Å². The highest BCUT2D eigenvalue weighted by Crippen LogP contribution is 2.22. The number of aryl methyl sites for hydroxylation is 1. The van der Waals surface area contributed by atoms with E-state index < -0.39 is 0 Å². The first-order chi connectivity index (χ1) is 10.7. The zero-order valence-corrected chi connectivity index (χ0v) is 13.5. The van der Waals surface area contributed by atoms with E-state index in [2.05, 4.69) is 35.1 Å². The molecular formula is C18H25N3O. The molecule has 2 aromatic rings. The molecule has 118 valence electrons. The van der Waals surface area contributed by atoms with Crippen LogP contribution in [0.15, 0.2) is 42.7 Å². The molecule has 0 aliphatic heterocycles. The fourth-order valence-corrected chi connectivity index (χ4v) is 2.47. The van der Waals surface area contributed by atoms with Gasteiger partial charge >= 0.3 is 0 Å². The Morgan fingerprint density at radius 2 is 1.82 bits per heavy atom. The normalized spacial score (nSPS) is 10.9. The molecular weight excluding hydrogens is 274 g/mol. The fraction of sp³-hybridized carbons (Fsp3) is 0.389. The monoisotopic (exact) mass is 299 g/mol. The van der Waals surface area contributed by atoms with Crippen molar-refractivity contribution in [2.24, 2.45) is 0 Å². The van der Waals surface area contributed by atoms with Gasteiger partial charge in [-0.3, -0.25) is 4.98 Å². The van der Waals surface area contributed by atoms with E-state index in [4.69, 9.17) is 10.5 Å². The van der Waals surface area contributed by atoms with E-state index in [1.165, 1.54) is 11.1 Å². The molecule has 0 amide bonds. The third-order valence-corrected chi connectivity index (χ3v) is 3.83. The lowest BCUT2D eigenvalue weighted by atomic mass is 10.1. The van der Waals surface area contributed by atoms with Crippen molar-refractivity contribution in [1.29, 1.82) is 0 Å². The number of nitrogen functional groups attached to an aromatic ring is 1. The van der Waals surface area contributed by atoms with Gasteiger partial charge in [-0.1, -0.05) is 6.07 Å². The topological polar surface area (TPSA) is 51.4 Å². The van der Waals surface area contributed by atoms with Crippen LogP contribution in [0, 0.1) is 0 Å². The van der Waals surface area contributed by atoms with E-state index >= 15 is 0 Å². The summed E-state index contributed by atoms with van der Waals surface area (Å²) >= 11 is 0. The van der Waals surface area contributed by atoms with Gasteiger partial charge in [-0.25, -0.2) is 0 Å². The Kier molecular flexibility index (Phi) is 6.22. The van der Waals surface area contributed by atoms with Gasteiger partial charge in [-0.05, 0) is 68.2 Å². The number of nitrogens with zero attached hydrogens (tertiary/aromatic N) is 2. The van der Waals surface area contributed by atoms with Crippen molar-refractivity contribution in [1.82, 2.24) is 9.88 Å². The van der Waals surface area contributed by atoms with E-state index in [-0.39, 0.29) is 0 Å². The Balaban J connectivity index is 1.70. The molecule has 2 N–H and O–H groups in total. The summed E-state index contributed by atoms with van der Waals surface area (Å²) in [4.78, 5) is 6.41. The number of aromatic nitrogens is 1. The van der Waals surface area contributed by atoms with E-state index in [0.29, 0.717) is 5.69 Å². The molecule has 0 spiro atoms. The Labute approximate surface area is 132 Å². The van der Waals surface area contributed by atoms with Gasteiger partial charge in [0.2, 0.25) is 0 Å². The van der Waals surface area contributed by atoms with Gasteiger partial charge in [0, 0.05) is 18.9 Å². The molecule has 0 unspecified atom stereocenters. The molecule has 1 aromatic heterocycles. The van der Waals surface area contributed by atoms with Crippen LogP contribution >= 0.6 is 0 Å². The number of hydrogen-bond acceptors (Lipinski definition) is 4. The summed E-state index contributed by atoms with van der Waals surface area (Å²) in [6, 6.07) is 10.2. The van der Waals surface area contributed by atoms with Gasteiger partial charge in [-0.2, -0.15) is 0 Å². The summed E-state index contributed by atoms with van der Waals surface area (Å²) in [5.74, 6) is 0.748. The van der Waals surface area contributed by atoms with Crippen LogP contribution < -0.4 is 10.5 Å². The predicted molar refractivity (Wildman–Crippen MR) is 91.2 cm³/mol. The number of likely N-dealkylation sites (N-methyl/N-ethyl adjacent to an activating group) is 1. The van der Waals surface area contributed by atoms with Gasteiger partial charge in [-0.15, -0.1) is 0 Å². The van der Waals surface area contributed by atoms with Crippen molar-refractivity contribution in [3.05, 3.63) is 53.9 Å². The molecule has 2 rings (SSSR count). The smallest absolute Gasteiger partial charge is 0.141 e. The molecule has 0 saturated heterocycles. The quantitative estimate of drug-likeness (QED) is 0.762. The summed E-state index contributed by atoms with van der Waals surface area (Å²) in [5.41, 5.74) is 9.25. The Morgan fingerprint density at radius 1 is 1.05 bits per heavy atom. The van der Waals surface area contributed by atoms with Gasteiger partial charge in [0.25, 0.3) is 0 Å². The lowest BCUT2D eigenvalue weighted by Gasteiger charge is -2.16. The number of pyridine rings is 1. The second kappa shape index (κ2) is 8.39. The van der Waals surface area contributed by atoms with Crippen LogP contribution in [0.4, 0.5) is 5.69 Å². The van der Waals surface area contributed by atoms with Crippen LogP contribution in [0.5, 0.6) is 5.75 Å². The van der Waals surface area contributed by atoms with Crippen LogP contribution in [0.1, 0.15) is 17.5 Å². The lowest BCUT2D eigenvalue weighted by molar-refractivity contribution is 0.333. The van der Waals surface area contributed by atoms with Crippen LogP contribution in [-0.2, 0) is 12.8 Å². The molecule has 0 aliphatic rings. The molecule has 4 heteroatoms. The zero-order chi connectivity index (χ0) is 15.8. The molecule has 0 atom stereocenters. The molecule has 0 aliphatic carbocycles. The second-order valence-corrected chi connectivity index (χ2v) is 5.59. The number of rotatable bonds is 8. The highest BCUT2D eigenvalue weighted by molar-refractivity contribution is 5.54. The molecule has 0 radical (unpaired) electrons. The first-order valence-corrected chi connectivity index (χ1v) is 7.69. The maximum absolute atomic E-state index is 5.94. The molecule has 1 aromatic carbocycles. The zero-order valence-electron chi connectivity index (χ0n) is 13.5. The minimum absolute atomic E-state index is 0.714. The molecule has 0 bridgehead atoms. The van der Waals surface area contributed by atoms with Crippen LogP contribution in [-0.4, -0.2) is 37.1 Å². The molecule has 22 heavy (non-hydrogen) atoms. The summed E-state index contributed by atoms with van der Waals surface area (Å²) in [5, 5.41) is 0. The van der Waals surface area contributed by atoms with Crippen molar-refractivity contribution in [3.8, 4) is 5.75 Å².